The summed E-state index contributed by atoms with van der Waals surface area (Å²) in [6, 6.07) is 0. The highest BCUT2D eigenvalue weighted by Crippen LogP contribution is 1.98. The Morgan fingerprint density at radius 1 is 1.23 bits per heavy atom. The molecular weight excluding hydrogens is 180 g/mol. The summed E-state index contributed by atoms with van der Waals surface area (Å²) in [4.78, 5) is 10.3. The number of hydrogen-bond donors (Lipinski definition) is 2. The van der Waals surface area contributed by atoms with Crippen molar-refractivity contribution in [2.75, 3.05) is 13.2 Å². The highest BCUT2D eigenvalue weighted by atomic mass is 19.3. The first-order valence-electron chi connectivity index (χ1n) is 4.35. The van der Waals surface area contributed by atoms with Gasteiger partial charge in [0.25, 0.3) is 5.91 Å². The van der Waals surface area contributed by atoms with Crippen molar-refractivity contribution in [3.8, 4) is 0 Å². The summed E-state index contributed by atoms with van der Waals surface area (Å²) >= 11 is 0. The lowest BCUT2D eigenvalue weighted by Crippen LogP contribution is -2.30. The van der Waals surface area contributed by atoms with Gasteiger partial charge < -0.3 is 10.4 Å². The maximum absolute atomic E-state index is 11.6. The number of alkyl halides is 2. The summed E-state index contributed by atoms with van der Waals surface area (Å²) in [6.45, 7) is 0.442. The zero-order valence-electron chi connectivity index (χ0n) is 7.43. The minimum atomic E-state index is -2.92. The predicted octanol–water partition coefficient (Wildman–Crippen LogP) is 0.920. The van der Waals surface area contributed by atoms with Crippen LogP contribution < -0.4 is 5.32 Å². The number of unbranched alkanes of at least 4 members (excludes halogenated alkanes) is 3. The molecule has 0 spiro atoms. The summed E-state index contributed by atoms with van der Waals surface area (Å²) in [6.07, 6.45) is 0.185. The third-order valence-corrected chi connectivity index (χ3v) is 1.58. The molecule has 0 unspecified atom stereocenters. The second-order valence-electron chi connectivity index (χ2n) is 2.73. The van der Waals surface area contributed by atoms with Crippen molar-refractivity contribution in [2.45, 2.75) is 32.1 Å². The minimum Gasteiger partial charge on any atom is -0.396 e. The lowest BCUT2D eigenvalue weighted by atomic mass is 10.2. The van der Waals surface area contributed by atoms with Crippen LogP contribution in [0.3, 0.4) is 0 Å². The number of aliphatic hydroxyl groups is 1. The topological polar surface area (TPSA) is 49.3 Å². The Kier molecular flexibility index (Phi) is 7.48. The van der Waals surface area contributed by atoms with Crippen molar-refractivity contribution in [3.05, 3.63) is 0 Å². The summed E-state index contributed by atoms with van der Waals surface area (Å²) in [7, 11) is 0. The fourth-order valence-electron chi connectivity index (χ4n) is 0.879. The second-order valence-corrected chi connectivity index (χ2v) is 2.73. The first-order chi connectivity index (χ1) is 6.18. The van der Waals surface area contributed by atoms with Crippen LogP contribution in [0.15, 0.2) is 0 Å². The number of rotatable bonds is 7. The zero-order chi connectivity index (χ0) is 10.1. The molecule has 0 rings (SSSR count). The van der Waals surface area contributed by atoms with E-state index >= 15 is 0 Å². The lowest BCUT2D eigenvalue weighted by molar-refractivity contribution is -0.131. The molecule has 5 heteroatoms. The molecule has 0 fully saturated rings. The standard InChI is InChI=1S/C8H15F2NO2/c9-7(10)8(13)11-5-3-1-2-4-6-12/h7,12H,1-6H2,(H,11,13). The van der Waals surface area contributed by atoms with Gasteiger partial charge in [-0.15, -0.1) is 0 Å². The van der Waals surface area contributed by atoms with E-state index in [1.165, 1.54) is 0 Å². The van der Waals surface area contributed by atoms with Crippen LogP contribution in [0, 0.1) is 0 Å². The van der Waals surface area contributed by atoms with E-state index in [1.54, 1.807) is 0 Å². The molecule has 0 saturated carbocycles. The van der Waals surface area contributed by atoms with Gasteiger partial charge in [0.05, 0.1) is 0 Å². The molecule has 0 atom stereocenters. The van der Waals surface area contributed by atoms with E-state index < -0.39 is 12.3 Å². The van der Waals surface area contributed by atoms with Crippen molar-refractivity contribution in [1.82, 2.24) is 5.32 Å². The maximum Gasteiger partial charge on any atom is 0.315 e. The molecular formula is C8H15F2NO2. The molecule has 0 radical (unpaired) electrons. The van der Waals surface area contributed by atoms with Crippen molar-refractivity contribution >= 4 is 5.91 Å². The molecule has 0 heterocycles. The Morgan fingerprint density at radius 3 is 2.38 bits per heavy atom. The molecule has 0 aliphatic rings. The monoisotopic (exact) mass is 195 g/mol. The molecule has 0 aromatic heterocycles. The van der Waals surface area contributed by atoms with Crippen molar-refractivity contribution < 1.29 is 18.7 Å². The van der Waals surface area contributed by atoms with Gasteiger partial charge in [-0.3, -0.25) is 4.79 Å². The van der Waals surface area contributed by atoms with Gasteiger partial charge in [0.2, 0.25) is 0 Å². The van der Waals surface area contributed by atoms with E-state index in [0.717, 1.165) is 19.3 Å². The Morgan fingerprint density at radius 2 is 1.85 bits per heavy atom. The van der Waals surface area contributed by atoms with Gasteiger partial charge in [-0.25, -0.2) is 0 Å². The van der Waals surface area contributed by atoms with E-state index in [1.807, 2.05) is 0 Å². The van der Waals surface area contributed by atoms with E-state index in [0.29, 0.717) is 6.42 Å². The van der Waals surface area contributed by atoms with Crippen molar-refractivity contribution in [1.29, 1.82) is 0 Å². The first kappa shape index (κ1) is 12.3. The maximum atomic E-state index is 11.6. The molecule has 0 aromatic rings. The van der Waals surface area contributed by atoms with Crippen LogP contribution in [-0.4, -0.2) is 30.6 Å². The van der Waals surface area contributed by atoms with Crippen LogP contribution >= 0.6 is 0 Å². The fraction of sp³-hybridized carbons (Fsp3) is 0.875. The molecule has 0 bridgehead atoms. The molecule has 78 valence electrons. The summed E-state index contributed by atoms with van der Waals surface area (Å²) < 4.78 is 23.2. The van der Waals surface area contributed by atoms with Crippen LogP contribution in [0.1, 0.15) is 25.7 Å². The minimum absolute atomic E-state index is 0.156. The Hall–Kier alpha value is -0.710. The van der Waals surface area contributed by atoms with E-state index in [9.17, 15) is 13.6 Å². The largest absolute Gasteiger partial charge is 0.396 e. The van der Waals surface area contributed by atoms with E-state index in [-0.39, 0.29) is 13.2 Å². The smallest absolute Gasteiger partial charge is 0.315 e. The molecule has 2 N–H and O–H groups in total. The van der Waals surface area contributed by atoms with Crippen LogP contribution in [0.5, 0.6) is 0 Å². The van der Waals surface area contributed by atoms with Crippen LogP contribution in [-0.2, 0) is 4.79 Å². The van der Waals surface area contributed by atoms with Crippen molar-refractivity contribution in [2.24, 2.45) is 0 Å². The summed E-state index contributed by atoms with van der Waals surface area (Å²) in [5.41, 5.74) is 0. The molecule has 0 aromatic carbocycles. The van der Waals surface area contributed by atoms with Gasteiger partial charge in [-0.1, -0.05) is 12.8 Å². The molecule has 0 saturated heterocycles. The SMILES string of the molecule is O=C(NCCCCCCO)C(F)F. The van der Waals surface area contributed by atoms with Gasteiger partial charge in [0, 0.05) is 13.2 Å². The average Bonchev–Trinajstić information content (AvgIpc) is 2.10. The van der Waals surface area contributed by atoms with Crippen molar-refractivity contribution in [3.63, 3.8) is 0 Å². The lowest BCUT2D eigenvalue weighted by Gasteiger charge is -2.03. The number of amides is 1. The van der Waals surface area contributed by atoms with Crippen LogP contribution in [0.25, 0.3) is 0 Å². The summed E-state index contributed by atoms with van der Waals surface area (Å²) in [5.74, 6) is -1.21. The molecule has 0 aliphatic carbocycles. The van der Waals surface area contributed by atoms with E-state index in [4.69, 9.17) is 5.11 Å². The van der Waals surface area contributed by atoms with Gasteiger partial charge in [0.1, 0.15) is 0 Å². The average molecular weight is 195 g/mol. The summed E-state index contributed by atoms with van der Waals surface area (Å²) in [5, 5.41) is 10.5. The number of nitrogens with one attached hydrogen (secondary N) is 1. The molecule has 0 aliphatic heterocycles. The first-order valence-corrected chi connectivity index (χ1v) is 4.35. The van der Waals surface area contributed by atoms with Gasteiger partial charge in [-0.05, 0) is 12.8 Å². The Balaban J connectivity index is 3.12. The molecule has 13 heavy (non-hydrogen) atoms. The van der Waals surface area contributed by atoms with Gasteiger partial charge in [0.15, 0.2) is 0 Å². The zero-order valence-corrected chi connectivity index (χ0v) is 7.43. The third kappa shape index (κ3) is 7.64. The molecule has 1 amide bonds. The van der Waals surface area contributed by atoms with Gasteiger partial charge >= 0.3 is 6.43 Å². The number of carbonyl (C=O) groups is 1. The fourth-order valence-corrected chi connectivity index (χ4v) is 0.879. The van der Waals surface area contributed by atoms with Crippen LogP contribution in [0.2, 0.25) is 0 Å². The predicted molar refractivity (Wildman–Crippen MR) is 44.6 cm³/mol. The Labute approximate surface area is 76.1 Å². The van der Waals surface area contributed by atoms with Crippen LogP contribution in [0.4, 0.5) is 8.78 Å². The highest BCUT2D eigenvalue weighted by Gasteiger charge is 2.12. The third-order valence-electron chi connectivity index (χ3n) is 1.58. The number of hydrogen-bond acceptors (Lipinski definition) is 2. The number of carbonyl (C=O) groups excluding carboxylic acids is 1. The number of aliphatic hydroxyl groups excluding tert-OH is 1. The highest BCUT2D eigenvalue weighted by molar-refractivity contribution is 5.78. The van der Waals surface area contributed by atoms with E-state index in [2.05, 4.69) is 5.32 Å². The molecule has 3 nitrogen and oxygen atoms in total. The number of halogens is 2. The normalized spacial score (nSPS) is 10.5. The quantitative estimate of drug-likeness (QED) is 0.593. The second kappa shape index (κ2) is 7.91. The van der Waals surface area contributed by atoms with Gasteiger partial charge in [-0.2, -0.15) is 8.78 Å². The Bertz CT molecular complexity index is 142.